The van der Waals surface area contributed by atoms with E-state index in [1.165, 1.54) is 22.4 Å². The number of aliphatic hydroxyl groups excluding tert-OH is 3. The van der Waals surface area contributed by atoms with E-state index in [9.17, 15) is 44.1 Å². The number of aliphatic hydroxyl groups is 3. The second-order valence-corrected chi connectivity index (χ2v) is 17.1. The van der Waals surface area contributed by atoms with Gasteiger partial charge in [-0.2, -0.15) is 0 Å². The van der Waals surface area contributed by atoms with Gasteiger partial charge in [0.15, 0.2) is 11.2 Å². The van der Waals surface area contributed by atoms with Crippen molar-refractivity contribution in [3.63, 3.8) is 0 Å². The van der Waals surface area contributed by atoms with Crippen molar-refractivity contribution in [1.82, 2.24) is 23.3 Å². The number of aryl methyl sites for hydroxylation is 3. The molecule has 2 aliphatic carbocycles. The summed E-state index contributed by atoms with van der Waals surface area (Å²) >= 11 is 0. The third kappa shape index (κ3) is 13.9. The Morgan fingerprint density at radius 3 is 2.36 bits per heavy atom. The summed E-state index contributed by atoms with van der Waals surface area (Å²) in [4.78, 5) is 74.1. The molecular formula is C48H65N5O11. The molecular weight excluding hydrogens is 823 g/mol. The molecule has 4 aromatic rings. The lowest BCUT2D eigenvalue weighted by Crippen LogP contribution is -2.43. The molecule has 6 rings (SSSR count). The number of pyridine rings is 1. The highest BCUT2D eigenvalue weighted by Crippen LogP contribution is 2.44. The number of carbonyl (C=O) groups is 3. The molecule has 0 spiro atoms. The van der Waals surface area contributed by atoms with Crippen LogP contribution in [0.5, 0.6) is 0 Å². The van der Waals surface area contributed by atoms with Crippen LogP contribution < -0.4 is 16.8 Å². The minimum Gasteiger partial charge on any atom is -0.481 e. The number of hydrogen-bond acceptors (Lipinski definition) is 11. The number of Topliss-reactive ketones (excluding diaryl/α,β-unsaturated/α-hetero) is 1. The number of fused-ring (bicyclic) bond motifs is 2. The standard InChI is InChI=1S/C23H36O7.C13H18N4O3.C12H11NO/c1-4-13(2)23(29)30-20-11-17(25)9-15-6-5-14(3)19(22(15)20)8-7-16(24)10-18(26)12-21(27)28;1-9(18)6-4-5-7-17-12(19)10-11(14-8-15(10)2)16(3)13(17)20;1-10-7-8-12(14)13(9-10)11-5-3-2-4-6-11/h5-6,9,13-14,16-20,22,24-26H,4,7-8,10-12H2,1-3H3,(H,27,28);8H,4-7H2,1-3H3;2-9H,1H3/t13?,14-,16?,17+,18?,19-,20-,22-;;/m0../s1. The maximum atomic E-state index is 12.4. The number of ether oxygens (including phenoxy) is 1. The number of unbranched alkanes of at least 4 members (excludes halogenated alkanes) is 1. The van der Waals surface area contributed by atoms with Crippen LogP contribution in [0.25, 0.3) is 16.9 Å². The Morgan fingerprint density at radius 1 is 1.00 bits per heavy atom. The Kier molecular flexibility index (Phi) is 19.0. The highest BCUT2D eigenvalue weighted by atomic mass is 16.5. The van der Waals surface area contributed by atoms with Gasteiger partial charge in [0.2, 0.25) is 0 Å². The molecule has 3 unspecified atom stereocenters. The molecule has 0 saturated heterocycles. The van der Waals surface area contributed by atoms with Crippen molar-refractivity contribution in [1.29, 1.82) is 0 Å². The van der Waals surface area contributed by atoms with E-state index in [1.54, 1.807) is 29.3 Å². The van der Waals surface area contributed by atoms with Crippen LogP contribution in [0.2, 0.25) is 0 Å². The number of carbonyl (C=O) groups excluding carboxylic acids is 2. The number of benzene rings is 1. The lowest BCUT2D eigenvalue weighted by molar-refractivity contribution is -0.159. The first kappa shape index (κ1) is 50.9. The van der Waals surface area contributed by atoms with Crippen molar-refractivity contribution < 1.29 is 39.5 Å². The number of nitrogens with zero attached hydrogens (tertiary/aromatic N) is 5. The fourth-order valence-electron chi connectivity index (χ4n) is 8.14. The van der Waals surface area contributed by atoms with Crippen molar-refractivity contribution in [3.8, 4) is 5.69 Å². The van der Waals surface area contributed by atoms with E-state index in [2.05, 4.69) is 18.0 Å². The van der Waals surface area contributed by atoms with Crippen LogP contribution in [-0.2, 0) is 39.8 Å². The van der Waals surface area contributed by atoms with Gasteiger partial charge in [-0.3, -0.25) is 32.9 Å². The van der Waals surface area contributed by atoms with E-state index in [0.29, 0.717) is 62.7 Å². The summed E-state index contributed by atoms with van der Waals surface area (Å²) in [7, 11) is 3.32. The molecule has 64 heavy (non-hydrogen) atoms. The maximum Gasteiger partial charge on any atom is 0.332 e. The fourth-order valence-corrected chi connectivity index (χ4v) is 8.14. The van der Waals surface area contributed by atoms with Gasteiger partial charge in [0.05, 0.1) is 37.0 Å². The van der Waals surface area contributed by atoms with Crippen LogP contribution in [0, 0.1) is 30.6 Å². The van der Waals surface area contributed by atoms with Gasteiger partial charge in [-0.15, -0.1) is 0 Å². The summed E-state index contributed by atoms with van der Waals surface area (Å²) in [6, 6.07) is 13.0. The van der Waals surface area contributed by atoms with Crippen molar-refractivity contribution in [2.24, 2.45) is 37.8 Å². The number of carboxylic acid groups (broad SMARTS) is 1. The summed E-state index contributed by atoms with van der Waals surface area (Å²) in [6.07, 6.45) is 9.78. The summed E-state index contributed by atoms with van der Waals surface area (Å²) in [5, 5.41) is 39.1. The fraction of sp³-hybridized carbons (Fsp3) is 0.521. The molecule has 4 N–H and O–H groups in total. The van der Waals surface area contributed by atoms with E-state index < -0.39 is 30.4 Å². The number of rotatable bonds is 16. The zero-order valence-electron chi connectivity index (χ0n) is 38.0. The van der Waals surface area contributed by atoms with Crippen molar-refractivity contribution in [3.05, 3.63) is 116 Å². The van der Waals surface area contributed by atoms with E-state index >= 15 is 0 Å². The minimum atomic E-state index is -1.10. The summed E-state index contributed by atoms with van der Waals surface area (Å²) in [5.74, 6) is -1.19. The molecule has 3 heterocycles. The first-order valence-corrected chi connectivity index (χ1v) is 22.0. The maximum absolute atomic E-state index is 12.4. The molecule has 348 valence electrons. The number of aromatic nitrogens is 5. The Bertz CT molecular complexity index is 2450. The SMILES string of the molecule is CC(=O)CCCCn1c(=O)c2c(ncn2C)n(C)c1=O.CCC(C)C(=O)O[C@H]1C[C@H](O)C=C2C=C[C@H](C)[C@H](CCC(O)CC(O)CC(=O)O)[C@H]21.Cc1ccc(=O)n(-c2ccccc2)c1. The van der Waals surface area contributed by atoms with E-state index in [1.807, 2.05) is 75.5 Å². The van der Waals surface area contributed by atoms with E-state index in [0.717, 1.165) is 16.8 Å². The lowest BCUT2D eigenvalue weighted by Gasteiger charge is -2.43. The zero-order valence-corrected chi connectivity index (χ0v) is 38.0. The van der Waals surface area contributed by atoms with Gasteiger partial charge in [-0.1, -0.05) is 63.3 Å². The number of allylic oxidation sites excluding steroid dienone is 2. The van der Waals surface area contributed by atoms with Gasteiger partial charge in [0.1, 0.15) is 11.9 Å². The molecule has 16 heteroatoms. The predicted molar refractivity (Wildman–Crippen MR) is 243 cm³/mol. The number of hydrogen-bond donors (Lipinski definition) is 4. The predicted octanol–water partition coefficient (Wildman–Crippen LogP) is 4.78. The van der Waals surface area contributed by atoms with Gasteiger partial charge in [-0.25, -0.2) is 9.78 Å². The molecule has 2 aliphatic rings. The van der Waals surface area contributed by atoms with Crippen LogP contribution in [-0.4, -0.2) is 85.8 Å². The van der Waals surface area contributed by atoms with Crippen LogP contribution in [0.4, 0.5) is 0 Å². The quantitative estimate of drug-likeness (QED) is 0.0882. The first-order chi connectivity index (χ1) is 30.3. The van der Waals surface area contributed by atoms with Crippen LogP contribution >= 0.6 is 0 Å². The van der Waals surface area contributed by atoms with Crippen LogP contribution in [0.1, 0.15) is 91.0 Å². The summed E-state index contributed by atoms with van der Waals surface area (Å²) < 4.78 is 11.7. The molecule has 0 aliphatic heterocycles. The molecule has 8 atom stereocenters. The van der Waals surface area contributed by atoms with Gasteiger partial charge in [0, 0.05) is 57.4 Å². The monoisotopic (exact) mass is 887 g/mol. The van der Waals surface area contributed by atoms with Gasteiger partial charge < -0.3 is 34.5 Å². The van der Waals surface area contributed by atoms with Crippen molar-refractivity contribution in [2.75, 3.05) is 0 Å². The Balaban J connectivity index is 0.000000226. The normalized spacial score (nSPS) is 20.3. The van der Waals surface area contributed by atoms with Gasteiger partial charge in [-0.05, 0) is 87.5 Å². The number of aliphatic carboxylic acids is 1. The molecule has 0 bridgehead atoms. The summed E-state index contributed by atoms with van der Waals surface area (Å²) in [5.41, 5.74) is 3.05. The number of carboxylic acids is 1. The third-order valence-electron chi connectivity index (χ3n) is 11.9. The number of imidazole rings is 1. The molecule has 16 nitrogen and oxygen atoms in total. The molecule has 0 radical (unpaired) electrons. The smallest absolute Gasteiger partial charge is 0.332 e. The number of ketones is 1. The van der Waals surface area contributed by atoms with Gasteiger partial charge >= 0.3 is 17.6 Å². The average molecular weight is 888 g/mol. The molecule has 3 aromatic heterocycles. The molecule has 1 aromatic carbocycles. The Morgan fingerprint density at radius 2 is 1.70 bits per heavy atom. The van der Waals surface area contributed by atoms with E-state index in [-0.39, 0.29) is 65.1 Å². The topological polar surface area (TPSA) is 225 Å². The lowest BCUT2D eigenvalue weighted by atomic mass is 9.66. The van der Waals surface area contributed by atoms with Crippen molar-refractivity contribution in [2.45, 2.75) is 123 Å². The Labute approximate surface area is 373 Å². The second-order valence-electron chi connectivity index (χ2n) is 17.1. The number of para-hydroxylation sites is 1. The summed E-state index contributed by atoms with van der Waals surface area (Å²) in [6.45, 7) is 9.67. The van der Waals surface area contributed by atoms with Gasteiger partial charge in [0.25, 0.3) is 11.1 Å². The van der Waals surface area contributed by atoms with E-state index in [4.69, 9.17) is 9.84 Å². The van der Waals surface area contributed by atoms with Crippen molar-refractivity contribution >= 4 is 28.9 Å². The highest BCUT2D eigenvalue weighted by molar-refractivity contribution is 5.75. The largest absolute Gasteiger partial charge is 0.481 e. The zero-order chi connectivity index (χ0) is 47.2. The third-order valence-corrected chi connectivity index (χ3v) is 11.9. The number of esters is 1. The Hall–Kier alpha value is -5.71. The van der Waals surface area contributed by atoms with Crippen LogP contribution in [0.3, 0.4) is 0 Å². The first-order valence-electron chi connectivity index (χ1n) is 22.0. The average Bonchev–Trinajstić information content (AvgIpc) is 3.64. The molecule has 0 saturated carbocycles. The minimum absolute atomic E-state index is 0.00167. The molecule has 0 amide bonds. The highest BCUT2D eigenvalue weighted by Gasteiger charge is 2.42. The molecule has 0 fully saturated rings. The van der Waals surface area contributed by atoms with Crippen LogP contribution in [0.15, 0.2) is 93.2 Å². The second kappa shape index (κ2) is 23.8.